The van der Waals surface area contributed by atoms with Crippen molar-refractivity contribution >= 4 is 21.5 Å². The van der Waals surface area contributed by atoms with E-state index in [0.717, 1.165) is 0 Å². The summed E-state index contributed by atoms with van der Waals surface area (Å²) < 4.78 is 0. The molecular weight excluding hydrogens is 527 g/mol. The molecule has 0 aliphatic carbocycles. The third-order valence-corrected chi connectivity index (χ3v) is 6.99. The maximum Gasteiger partial charge on any atom is 4.00 e. The van der Waals surface area contributed by atoms with Gasteiger partial charge in [-0.3, -0.25) is 0 Å². The third kappa shape index (κ3) is 13.5. The number of hydrogen-bond donors (Lipinski definition) is 0. The number of benzene rings is 2. The second-order valence-corrected chi connectivity index (χ2v) is 10.0. The van der Waals surface area contributed by atoms with Gasteiger partial charge >= 0.3 is 21.7 Å². The minimum atomic E-state index is 0. The van der Waals surface area contributed by atoms with Gasteiger partial charge < -0.3 is 24.8 Å². The number of halogens is 2. The molecule has 0 atom stereocenters. The molecular formula is C34H46Cl2Ti. The van der Waals surface area contributed by atoms with E-state index in [1.165, 1.54) is 123 Å². The van der Waals surface area contributed by atoms with Crippen LogP contribution < -0.4 is 24.8 Å². The van der Waals surface area contributed by atoms with E-state index in [9.17, 15) is 0 Å². The number of hydrogen-bond acceptors (Lipinski definition) is 0. The summed E-state index contributed by atoms with van der Waals surface area (Å²) in [6.07, 6.45) is 19.1. The predicted molar refractivity (Wildman–Crippen MR) is 153 cm³/mol. The molecule has 0 bridgehead atoms. The average Bonchev–Trinajstić information content (AvgIpc) is 3.47. The summed E-state index contributed by atoms with van der Waals surface area (Å²) in [6, 6.07) is 26.7. The van der Waals surface area contributed by atoms with Crippen molar-refractivity contribution in [1.82, 2.24) is 0 Å². The van der Waals surface area contributed by atoms with Crippen LogP contribution in [0.5, 0.6) is 0 Å². The fourth-order valence-corrected chi connectivity index (χ4v) is 4.94. The second-order valence-electron chi connectivity index (χ2n) is 10.0. The molecule has 0 fully saturated rings. The molecule has 4 aromatic carbocycles. The molecule has 0 saturated heterocycles. The molecule has 4 aromatic rings. The summed E-state index contributed by atoms with van der Waals surface area (Å²) >= 11 is 0. The van der Waals surface area contributed by atoms with Gasteiger partial charge in [-0.25, -0.2) is 0 Å². The van der Waals surface area contributed by atoms with Gasteiger partial charge in [-0.15, -0.1) is 81.2 Å². The molecule has 4 rings (SSSR count). The summed E-state index contributed by atoms with van der Waals surface area (Å²) in [5.74, 6) is 0. The van der Waals surface area contributed by atoms with Crippen LogP contribution >= 0.6 is 0 Å². The van der Waals surface area contributed by atoms with Crippen LogP contribution in [0.2, 0.25) is 0 Å². The summed E-state index contributed by atoms with van der Waals surface area (Å²) in [5.41, 5.74) is 3.03. The van der Waals surface area contributed by atoms with Crippen LogP contribution in [-0.2, 0) is 34.6 Å². The van der Waals surface area contributed by atoms with Crippen molar-refractivity contribution in [2.45, 2.75) is 104 Å². The van der Waals surface area contributed by atoms with Crippen LogP contribution in [-0.4, -0.2) is 0 Å². The third-order valence-electron chi connectivity index (χ3n) is 6.99. The monoisotopic (exact) mass is 572 g/mol. The van der Waals surface area contributed by atoms with Crippen molar-refractivity contribution in [3.05, 3.63) is 83.9 Å². The summed E-state index contributed by atoms with van der Waals surface area (Å²) in [7, 11) is 0. The predicted octanol–water partition coefficient (Wildman–Crippen LogP) is 4.93. The van der Waals surface area contributed by atoms with Crippen molar-refractivity contribution in [2.24, 2.45) is 0 Å². The topological polar surface area (TPSA) is 0 Å². The van der Waals surface area contributed by atoms with Gasteiger partial charge in [0.05, 0.1) is 0 Å². The largest absolute Gasteiger partial charge is 4.00 e. The first-order chi connectivity index (χ1) is 16.8. The van der Waals surface area contributed by atoms with Crippen molar-refractivity contribution in [2.75, 3.05) is 0 Å². The molecule has 0 radical (unpaired) electrons. The zero-order valence-corrected chi connectivity index (χ0v) is 26.2. The Kier molecular flexibility index (Phi) is 21.2. The van der Waals surface area contributed by atoms with E-state index in [2.05, 4.69) is 86.6 Å². The summed E-state index contributed by atoms with van der Waals surface area (Å²) in [5, 5.41) is 5.59. The van der Waals surface area contributed by atoms with Crippen LogP contribution in [0.1, 0.15) is 102 Å². The van der Waals surface area contributed by atoms with Gasteiger partial charge in [-0.05, 0) is 12.8 Å². The molecule has 0 unspecified atom stereocenters. The molecule has 0 saturated carbocycles. The molecule has 0 spiro atoms. The maximum atomic E-state index is 2.35. The zero-order chi connectivity index (χ0) is 23.8. The van der Waals surface area contributed by atoms with Crippen molar-refractivity contribution in [3.63, 3.8) is 0 Å². The number of unbranched alkanes of at least 4 members (excludes halogenated alkanes) is 10. The Morgan fingerprint density at radius 1 is 0.486 bits per heavy atom. The normalized spacial score (nSPS) is 10.2. The molecule has 0 heterocycles. The minimum absolute atomic E-state index is 0. The fourth-order valence-electron chi connectivity index (χ4n) is 4.94. The smallest absolute Gasteiger partial charge is 1.00 e. The molecule has 200 valence electrons. The molecule has 3 heteroatoms. The average molecular weight is 574 g/mol. The van der Waals surface area contributed by atoms with Gasteiger partial charge in [-0.2, -0.15) is 12.1 Å². The molecule has 0 amide bonds. The molecule has 0 N–H and O–H groups in total. The first-order valence-corrected chi connectivity index (χ1v) is 14.1. The Morgan fingerprint density at radius 2 is 0.838 bits per heavy atom. The van der Waals surface area contributed by atoms with Crippen LogP contribution in [0.3, 0.4) is 0 Å². The van der Waals surface area contributed by atoms with Gasteiger partial charge in [0.1, 0.15) is 0 Å². The van der Waals surface area contributed by atoms with Crippen LogP contribution in [0.15, 0.2) is 72.8 Å². The number of aryl methyl sites for hydroxylation is 2. The molecule has 0 aliphatic heterocycles. The van der Waals surface area contributed by atoms with Crippen LogP contribution in [0, 0.1) is 0 Å². The summed E-state index contributed by atoms with van der Waals surface area (Å²) in [6.45, 7) is 4.55. The Morgan fingerprint density at radius 3 is 1.22 bits per heavy atom. The maximum absolute atomic E-state index is 2.35. The van der Waals surface area contributed by atoms with Gasteiger partial charge in [-0.1, -0.05) is 103 Å². The van der Waals surface area contributed by atoms with Gasteiger partial charge in [0.15, 0.2) is 0 Å². The molecule has 37 heavy (non-hydrogen) atoms. The van der Waals surface area contributed by atoms with Crippen LogP contribution in [0.4, 0.5) is 0 Å². The Labute approximate surface area is 254 Å². The van der Waals surface area contributed by atoms with Crippen molar-refractivity contribution in [3.8, 4) is 0 Å². The second kappa shape index (κ2) is 21.8. The summed E-state index contributed by atoms with van der Waals surface area (Å²) in [4.78, 5) is 0. The molecule has 0 aliphatic rings. The van der Waals surface area contributed by atoms with Crippen molar-refractivity contribution < 1.29 is 46.5 Å². The first kappa shape index (κ1) is 36.0. The van der Waals surface area contributed by atoms with Gasteiger partial charge in [0, 0.05) is 0 Å². The minimum Gasteiger partial charge on any atom is -1.00 e. The van der Waals surface area contributed by atoms with E-state index in [4.69, 9.17) is 0 Å². The standard InChI is InChI=1S/2C17H23.2ClH.Ti/c2*1-2-3-4-5-6-7-10-15-13-16-11-8-9-12-17(16)14-15;;;/h2*8-9,11-14H,2-7,10H2,1H3;2*1H;/q2*-1;;;+4/p-2. The molecule has 0 aromatic heterocycles. The van der Waals surface area contributed by atoms with Crippen molar-refractivity contribution in [1.29, 1.82) is 0 Å². The SMILES string of the molecule is CCCCCCCCc1cc2ccccc2[cH-]1.CCCCCCCCc1cc2ccccc2[cH-]1.[Cl-].[Cl-].[Ti+4]. The van der Waals surface area contributed by atoms with E-state index in [-0.39, 0.29) is 46.5 Å². The van der Waals surface area contributed by atoms with E-state index in [0.29, 0.717) is 0 Å². The van der Waals surface area contributed by atoms with Crippen LogP contribution in [0.25, 0.3) is 21.5 Å². The van der Waals surface area contributed by atoms with E-state index < -0.39 is 0 Å². The number of rotatable bonds is 14. The molecule has 0 nitrogen and oxygen atoms in total. The fraction of sp³-hybridized carbons (Fsp3) is 0.471. The van der Waals surface area contributed by atoms with E-state index in [1.54, 1.807) is 0 Å². The number of fused-ring (bicyclic) bond motifs is 2. The van der Waals surface area contributed by atoms with Gasteiger partial charge in [0.2, 0.25) is 0 Å². The Bertz CT molecular complexity index is 910. The van der Waals surface area contributed by atoms with E-state index >= 15 is 0 Å². The first-order valence-electron chi connectivity index (χ1n) is 14.1. The van der Waals surface area contributed by atoms with Gasteiger partial charge in [0.25, 0.3) is 0 Å². The van der Waals surface area contributed by atoms with E-state index in [1.807, 2.05) is 0 Å². The Balaban J connectivity index is 0.000000648. The quantitative estimate of drug-likeness (QED) is 0.114. The Hall–Kier alpha value is -1.05. The zero-order valence-electron chi connectivity index (χ0n) is 23.1.